The highest BCUT2D eigenvalue weighted by Gasteiger charge is 2.37. The molecule has 0 bridgehead atoms. The van der Waals surface area contributed by atoms with Crippen LogP contribution in [0.5, 0.6) is 0 Å². The Hall–Kier alpha value is -1.42. The van der Waals surface area contributed by atoms with Crippen molar-refractivity contribution in [2.45, 2.75) is 39.4 Å². The third-order valence-electron chi connectivity index (χ3n) is 3.52. The minimum atomic E-state index is -0.345. The lowest BCUT2D eigenvalue weighted by Crippen LogP contribution is -2.32. The van der Waals surface area contributed by atoms with Crippen molar-refractivity contribution >= 4 is 5.91 Å². The van der Waals surface area contributed by atoms with Gasteiger partial charge in [-0.05, 0) is 25.3 Å². The van der Waals surface area contributed by atoms with Crippen molar-refractivity contribution in [2.75, 3.05) is 6.54 Å². The quantitative estimate of drug-likeness (QED) is 0.907. The zero-order valence-corrected chi connectivity index (χ0v) is 11.7. The molecule has 2 rings (SSSR count). The van der Waals surface area contributed by atoms with Crippen LogP contribution in [0.2, 0.25) is 0 Å². The first-order valence-corrected chi connectivity index (χ1v) is 6.81. The lowest BCUT2D eigenvalue weighted by molar-refractivity contribution is -0.130. The second-order valence-electron chi connectivity index (χ2n) is 5.53. The van der Waals surface area contributed by atoms with Crippen LogP contribution in [0.15, 0.2) is 24.3 Å². The first kappa shape index (κ1) is 14.0. The third-order valence-corrected chi connectivity index (χ3v) is 3.52. The number of halogens is 1. The van der Waals surface area contributed by atoms with Gasteiger partial charge in [0.2, 0.25) is 5.91 Å². The van der Waals surface area contributed by atoms with Gasteiger partial charge in [-0.3, -0.25) is 10.1 Å². The molecule has 3 nitrogen and oxygen atoms in total. The van der Waals surface area contributed by atoms with Crippen LogP contribution < -0.4 is 5.32 Å². The second-order valence-corrected chi connectivity index (χ2v) is 5.53. The van der Waals surface area contributed by atoms with Gasteiger partial charge in [0.25, 0.3) is 0 Å². The Kier molecular flexibility index (Phi) is 4.20. The Labute approximate surface area is 113 Å². The van der Waals surface area contributed by atoms with E-state index in [1.807, 2.05) is 6.92 Å². The summed E-state index contributed by atoms with van der Waals surface area (Å²) in [5, 5.41) is 3.17. The molecule has 1 aromatic carbocycles. The Balaban J connectivity index is 2.22. The summed E-state index contributed by atoms with van der Waals surface area (Å²) in [4.78, 5) is 13.9. The number of rotatable bonds is 4. The van der Waals surface area contributed by atoms with Gasteiger partial charge in [-0.25, -0.2) is 4.39 Å². The highest BCUT2D eigenvalue weighted by molar-refractivity contribution is 5.84. The van der Waals surface area contributed by atoms with E-state index in [9.17, 15) is 9.18 Å². The standard InChI is InChI=1S/C15H21FN2O/c1-10(2)8-9-18-14(17-11(3)15(18)19)12-6-4-5-7-13(12)16/h4-7,10-11,14,17H,8-9H2,1-3H3. The van der Waals surface area contributed by atoms with E-state index in [0.717, 1.165) is 6.42 Å². The average molecular weight is 264 g/mol. The van der Waals surface area contributed by atoms with Gasteiger partial charge in [0, 0.05) is 12.1 Å². The van der Waals surface area contributed by atoms with Gasteiger partial charge >= 0.3 is 0 Å². The number of hydrogen-bond acceptors (Lipinski definition) is 2. The molecule has 0 spiro atoms. The molecule has 1 heterocycles. The number of hydrogen-bond donors (Lipinski definition) is 1. The van der Waals surface area contributed by atoms with E-state index in [2.05, 4.69) is 19.2 Å². The summed E-state index contributed by atoms with van der Waals surface area (Å²) in [5.74, 6) is 0.301. The summed E-state index contributed by atoms with van der Waals surface area (Å²) in [7, 11) is 0. The summed E-state index contributed by atoms with van der Waals surface area (Å²) >= 11 is 0. The minimum Gasteiger partial charge on any atom is -0.321 e. The molecule has 0 saturated carbocycles. The molecule has 1 aromatic rings. The zero-order valence-electron chi connectivity index (χ0n) is 11.7. The van der Waals surface area contributed by atoms with Crippen LogP contribution in [-0.2, 0) is 4.79 Å². The van der Waals surface area contributed by atoms with E-state index in [1.165, 1.54) is 6.07 Å². The zero-order chi connectivity index (χ0) is 14.0. The molecular formula is C15H21FN2O. The highest BCUT2D eigenvalue weighted by atomic mass is 19.1. The number of carbonyl (C=O) groups is 1. The maximum absolute atomic E-state index is 13.9. The van der Waals surface area contributed by atoms with Gasteiger partial charge in [-0.15, -0.1) is 0 Å². The normalized spacial score (nSPS) is 23.4. The summed E-state index contributed by atoms with van der Waals surface area (Å²) in [6.07, 6.45) is 0.577. The van der Waals surface area contributed by atoms with Crippen LogP contribution in [-0.4, -0.2) is 23.4 Å². The fourth-order valence-corrected chi connectivity index (χ4v) is 2.37. The monoisotopic (exact) mass is 264 g/mol. The molecule has 0 radical (unpaired) electrons. The van der Waals surface area contributed by atoms with Crippen molar-refractivity contribution in [1.82, 2.24) is 10.2 Å². The molecule has 2 unspecified atom stereocenters. The maximum atomic E-state index is 13.9. The first-order chi connectivity index (χ1) is 9.00. The van der Waals surface area contributed by atoms with Crippen LogP contribution in [0, 0.1) is 11.7 Å². The second kappa shape index (κ2) is 5.70. The number of amides is 1. The molecular weight excluding hydrogens is 243 g/mol. The van der Waals surface area contributed by atoms with Gasteiger partial charge in [0.15, 0.2) is 0 Å². The van der Waals surface area contributed by atoms with E-state index in [1.54, 1.807) is 23.1 Å². The van der Waals surface area contributed by atoms with Gasteiger partial charge in [-0.2, -0.15) is 0 Å². The summed E-state index contributed by atoms with van der Waals surface area (Å²) in [5.41, 5.74) is 0.545. The Morgan fingerprint density at radius 3 is 2.68 bits per heavy atom. The maximum Gasteiger partial charge on any atom is 0.241 e. The number of nitrogens with one attached hydrogen (secondary N) is 1. The molecule has 4 heteroatoms. The topological polar surface area (TPSA) is 32.3 Å². The Bertz CT molecular complexity index is 461. The largest absolute Gasteiger partial charge is 0.321 e. The minimum absolute atomic E-state index is 0.0499. The molecule has 104 valence electrons. The number of carbonyl (C=O) groups excluding carboxylic acids is 1. The van der Waals surface area contributed by atoms with Crippen LogP contribution in [0.4, 0.5) is 4.39 Å². The molecule has 1 saturated heterocycles. The SMILES string of the molecule is CC(C)CCN1C(=O)C(C)NC1c1ccccc1F. The molecule has 1 amide bonds. The number of nitrogens with zero attached hydrogens (tertiary/aromatic N) is 1. The Morgan fingerprint density at radius 2 is 2.05 bits per heavy atom. The fourth-order valence-electron chi connectivity index (χ4n) is 2.37. The predicted octanol–water partition coefficient (Wildman–Crippen LogP) is 2.69. The molecule has 1 aliphatic rings. The van der Waals surface area contributed by atoms with Crippen molar-refractivity contribution in [2.24, 2.45) is 5.92 Å². The fraction of sp³-hybridized carbons (Fsp3) is 0.533. The van der Waals surface area contributed by atoms with Gasteiger partial charge in [0.05, 0.1) is 6.04 Å². The first-order valence-electron chi connectivity index (χ1n) is 6.81. The summed E-state index contributed by atoms with van der Waals surface area (Å²) < 4.78 is 13.9. The van der Waals surface area contributed by atoms with Crippen molar-refractivity contribution in [3.05, 3.63) is 35.6 Å². The van der Waals surface area contributed by atoms with Gasteiger partial charge in [0.1, 0.15) is 12.0 Å². The van der Waals surface area contributed by atoms with Crippen molar-refractivity contribution in [1.29, 1.82) is 0 Å². The lowest BCUT2D eigenvalue weighted by Gasteiger charge is -2.25. The van der Waals surface area contributed by atoms with Crippen molar-refractivity contribution in [3.8, 4) is 0 Å². The third kappa shape index (κ3) is 2.95. The van der Waals surface area contributed by atoms with Gasteiger partial charge < -0.3 is 4.90 Å². The van der Waals surface area contributed by atoms with E-state index >= 15 is 0 Å². The van der Waals surface area contributed by atoms with E-state index in [4.69, 9.17) is 0 Å². The van der Waals surface area contributed by atoms with E-state index in [0.29, 0.717) is 18.0 Å². The van der Waals surface area contributed by atoms with Crippen molar-refractivity contribution in [3.63, 3.8) is 0 Å². The average Bonchev–Trinajstić information content (AvgIpc) is 2.64. The summed E-state index contributed by atoms with van der Waals surface area (Å²) in [6.45, 7) is 6.73. The number of benzene rings is 1. The molecule has 0 aromatic heterocycles. The summed E-state index contributed by atoms with van der Waals surface area (Å²) in [6, 6.07) is 6.38. The van der Waals surface area contributed by atoms with Crippen LogP contribution in [0.3, 0.4) is 0 Å². The van der Waals surface area contributed by atoms with Crippen LogP contribution in [0.25, 0.3) is 0 Å². The van der Waals surface area contributed by atoms with Crippen molar-refractivity contribution < 1.29 is 9.18 Å². The molecule has 2 atom stereocenters. The molecule has 0 aliphatic carbocycles. The lowest BCUT2D eigenvalue weighted by atomic mass is 10.1. The molecule has 1 N–H and O–H groups in total. The molecule has 1 aliphatic heterocycles. The van der Waals surface area contributed by atoms with E-state index in [-0.39, 0.29) is 23.9 Å². The van der Waals surface area contributed by atoms with Crippen LogP contribution >= 0.6 is 0 Å². The highest BCUT2D eigenvalue weighted by Crippen LogP contribution is 2.27. The van der Waals surface area contributed by atoms with Crippen LogP contribution in [0.1, 0.15) is 38.9 Å². The Morgan fingerprint density at radius 1 is 1.37 bits per heavy atom. The smallest absolute Gasteiger partial charge is 0.241 e. The molecule has 19 heavy (non-hydrogen) atoms. The molecule has 1 fully saturated rings. The van der Waals surface area contributed by atoms with E-state index < -0.39 is 0 Å². The predicted molar refractivity (Wildman–Crippen MR) is 72.9 cm³/mol. The van der Waals surface area contributed by atoms with Gasteiger partial charge in [-0.1, -0.05) is 32.0 Å².